The monoisotopic (exact) mass is 309 g/mol. The van der Waals surface area contributed by atoms with Crippen LogP contribution in [0.1, 0.15) is 40.5 Å². The Labute approximate surface area is 134 Å². The van der Waals surface area contributed by atoms with Gasteiger partial charge in [0.1, 0.15) is 11.3 Å². The average molecular weight is 309 g/mol. The largest absolute Gasteiger partial charge is 0.330 e. The van der Waals surface area contributed by atoms with E-state index in [4.69, 9.17) is 0 Å². The van der Waals surface area contributed by atoms with Crippen molar-refractivity contribution in [3.8, 4) is 0 Å². The fourth-order valence-corrected chi connectivity index (χ4v) is 3.30. The van der Waals surface area contributed by atoms with Gasteiger partial charge in [0.15, 0.2) is 0 Å². The molecule has 6 nitrogen and oxygen atoms in total. The van der Waals surface area contributed by atoms with E-state index in [1.807, 2.05) is 60.2 Å². The third-order valence-corrected chi connectivity index (χ3v) is 4.46. The quantitative estimate of drug-likeness (QED) is 0.730. The van der Waals surface area contributed by atoms with Crippen molar-refractivity contribution in [1.82, 2.24) is 24.1 Å². The molecule has 0 unspecified atom stereocenters. The molecular formula is C17H19N5O. The molecule has 1 aliphatic heterocycles. The molecule has 3 aromatic rings. The first kappa shape index (κ1) is 14.0. The van der Waals surface area contributed by atoms with E-state index in [0.717, 1.165) is 36.2 Å². The van der Waals surface area contributed by atoms with E-state index in [1.165, 1.54) is 0 Å². The van der Waals surface area contributed by atoms with Gasteiger partial charge in [-0.05, 0) is 37.5 Å². The lowest BCUT2D eigenvalue weighted by molar-refractivity contribution is 0.0730. The fourth-order valence-electron chi connectivity index (χ4n) is 3.30. The zero-order valence-electron chi connectivity index (χ0n) is 13.3. The molecule has 0 saturated carbocycles. The molecule has 3 aromatic heterocycles. The van der Waals surface area contributed by atoms with E-state index in [1.54, 1.807) is 4.68 Å². The van der Waals surface area contributed by atoms with Crippen molar-refractivity contribution in [3.05, 3.63) is 53.7 Å². The van der Waals surface area contributed by atoms with Crippen molar-refractivity contribution >= 4 is 11.6 Å². The zero-order valence-corrected chi connectivity index (χ0v) is 13.3. The maximum absolute atomic E-state index is 12.9. The summed E-state index contributed by atoms with van der Waals surface area (Å²) in [4.78, 5) is 19.3. The highest BCUT2D eigenvalue weighted by molar-refractivity contribution is 5.93. The molecule has 4 heterocycles. The first-order valence-corrected chi connectivity index (χ1v) is 7.87. The predicted octanol–water partition coefficient (Wildman–Crippen LogP) is 2.35. The number of likely N-dealkylation sites (tertiary alicyclic amines) is 1. The molecule has 1 atom stereocenters. The van der Waals surface area contributed by atoms with Crippen LogP contribution in [0.3, 0.4) is 0 Å². The molecule has 1 saturated heterocycles. The second-order valence-corrected chi connectivity index (χ2v) is 6.20. The summed E-state index contributed by atoms with van der Waals surface area (Å²) in [5, 5.41) is 4.23. The molecule has 0 spiro atoms. The molecule has 0 N–H and O–H groups in total. The highest BCUT2D eigenvalue weighted by atomic mass is 16.2. The lowest BCUT2D eigenvalue weighted by Gasteiger charge is -2.22. The number of imidazole rings is 1. The third-order valence-electron chi connectivity index (χ3n) is 4.46. The minimum absolute atomic E-state index is 0.00212. The van der Waals surface area contributed by atoms with E-state index in [-0.39, 0.29) is 11.9 Å². The van der Waals surface area contributed by atoms with E-state index in [0.29, 0.717) is 5.69 Å². The van der Waals surface area contributed by atoms with Crippen LogP contribution in [0.25, 0.3) is 5.65 Å². The number of hydrogen-bond acceptors (Lipinski definition) is 3. The summed E-state index contributed by atoms with van der Waals surface area (Å²) in [6.45, 7) is 2.79. The number of aryl methyl sites for hydroxylation is 2. The Morgan fingerprint density at radius 2 is 2.22 bits per heavy atom. The molecule has 4 rings (SSSR count). The van der Waals surface area contributed by atoms with E-state index >= 15 is 0 Å². The molecular weight excluding hydrogens is 290 g/mol. The Morgan fingerprint density at radius 1 is 1.35 bits per heavy atom. The molecule has 1 amide bonds. The normalized spacial score (nSPS) is 18.0. The second kappa shape index (κ2) is 5.22. The summed E-state index contributed by atoms with van der Waals surface area (Å²) in [5.74, 6) is -0.00212. The smallest absolute Gasteiger partial charge is 0.274 e. The standard InChI is InChI=1S/C17H19N5O/c1-12-5-7-21-11-14(19-16(21)8-12)17(23)22-6-3-4-15(22)13-9-18-20(2)10-13/h5,7-11,15H,3-4,6H2,1-2H3/t15-/m0/s1. The topological polar surface area (TPSA) is 55.4 Å². The van der Waals surface area contributed by atoms with E-state index in [9.17, 15) is 4.79 Å². The average Bonchev–Trinajstić information content (AvgIpc) is 3.23. The highest BCUT2D eigenvalue weighted by Gasteiger charge is 2.32. The number of hydrogen-bond donors (Lipinski definition) is 0. The molecule has 0 aromatic carbocycles. The van der Waals surface area contributed by atoms with Gasteiger partial charge in [0, 0.05) is 37.7 Å². The Kier molecular flexibility index (Phi) is 3.18. The summed E-state index contributed by atoms with van der Waals surface area (Å²) in [5.41, 5.74) is 3.55. The zero-order chi connectivity index (χ0) is 16.0. The van der Waals surface area contributed by atoms with Crippen molar-refractivity contribution in [2.75, 3.05) is 6.54 Å². The predicted molar refractivity (Wildman–Crippen MR) is 86.1 cm³/mol. The van der Waals surface area contributed by atoms with Gasteiger partial charge in [0.2, 0.25) is 0 Å². The van der Waals surface area contributed by atoms with Crippen molar-refractivity contribution < 1.29 is 4.79 Å². The number of pyridine rings is 1. The maximum Gasteiger partial charge on any atom is 0.274 e. The summed E-state index contributed by atoms with van der Waals surface area (Å²) in [7, 11) is 1.90. The summed E-state index contributed by atoms with van der Waals surface area (Å²) in [6, 6.07) is 4.10. The minimum atomic E-state index is -0.00212. The third kappa shape index (κ3) is 2.40. The van der Waals surface area contributed by atoms with Gasteiger partial charge in [-0.25, -0.2) is 4.98 Å². The molecule has 0 radical (unpaired) electrons. The first-order chi connectivity index (χ1) is 11.1. The molecule has 0 aliphatic carbocycles. The van der Waals surface area contributed by atoms with E-state index in [2.05, 4.69) is 10.1 Å². The van der Waals surface area contributed by atoms with Crippen LogP contribution in [-0.4, -0.2) is 36.5 Å². The number of carbonyl (C=O) groups excluding carboxylic acids is 1. The van der Waals surface area contributed by atoms with Crippen LogP contribution in [0.15, 0.2) is 36.9 Å². The second-order valence-electron chi connectivity index (χ2n) is 6.20. The molecule has 1 aliphatic rings. The number of carbonyl (C=O) groups is 1. The number of fused-ring (bicyclic) bond motifs is 1. The molecule has 0 bridgehead atoms. The van der Waals surface area contributed by atoms with Gasteiger partial charge < -0.3 is 9.30 Å². The molecule has 6 heteroatoms. The van der Waals surface area contributed by atoms with Crippen LogP contribution in [0.5, 0.6) is 0 Å². The number of nitrogens with zero attached hydrogens (tertiary/aromatic N) is 5. The summed E-state index contributed by atoms with van der Waals surface area (Å²) >= 11 is 0. The van der Waals surface area contributed by atoms with Crippen LogP contribution in [0, 0.1) is 6.92 Å². The Morgan fingerprint density at radius 3 is 3.00 bits per heavy atom. The van der Waals surface area contributed by atoms with E-state index < -0.39 is 0 Å². The highest BCUT2D eigenvalue weighted by Crippen LogP contribution is 2.32. The Bertz CT molecular complexity index is 878. The molecule has 1 fully saturated rings. The van der Waals surface area contributed by atoms with Gasteiger partial charge in [-0.3, -0.25) is 9.48 Å². The van der Waals surface area contributed by atoms with Gasteiger partial charge in [0.05, 0.1) is 12.2 Å². The van der Waals surface area contributed by atoms with Crippen LogP contribution >= 0.6 is 0 Å². The van der Waals surface area contributed by atoms with Gasteiger partial charge >= 0.3 is 0 Å². The van der Waals surface area contributed by atoms with Crippen LogP contribution in [0.2, 0.25) is 0 Å². The van der Waals surface area contributed by atoms with Crippen LogP contribution in [0.4, 0.5) is 0 Å². The summed E-state index contributed by atoms with van der Waals surface area (Å²) in [6.07, 6.45) is 9.58. The van der Waals surface area contributed by atoms with Crippen molar-refractivity contribution in [2.24, 2.45) is 7.05 Å². The SMILES string of the molecule is Cc1ccn2cc(C(=O)N3CCC[C@H]3c3cnn(C)c3)nc2c1. The number of rotatable bonds is 2. The van der Waals surface area contributed by atoms with Gasteiger partial charge in [0.25, 0.3) is 5.91 Å². The Balaban J connectivity index is 1.66. The lowest BCUT2D eigenvalue weighted by atomic mass is 10.1. The Hall–Kier alpha value is -2.63. The molecule has 118 valence electrons. The van der Waals surface area contributed by atoms with Gasteiger partial charge in [-0.1, -0.05) is 0 Å². The van der Waals surface area contributed by atoms with Gasteiger partial charge in [-0.2, -0.15) is 5.10 Å². The summed E-state index contributed by atoms with van der Waals surface area (Å²) < 4.78 is 3.68. The molecule has 23 heavy (non-hydrogen) atoms. The van der Waals surface area contributed by atoms with Crippen molar-refractivity contribution in [1.29, 1.82) is 0 Å². The van der Waals surface area contributed by atoms with Crippen molar-refractivity contribution in [3.63, 3.8) is 0 Å². The minimum Gasteiger partial charge on any atom is -0.330 e. The maximum atomic E-state index is 12.9. The first-order valence-electron chi connectivity index (χ1n) is 7.87. The fraction of sp³-hybridized carbons (Fsp3) is 0.353. The van der Waals surface area contributed by atoms with Crippen molar-refractivity contribution in [2.45, 2.75) is 25.8 Å². The van der Waals surface area contributed by atoms with Gasteiger partial charge in [-0.15, -0.1) is 0 Å². The van der Waals surface area contributed by atoms with Crippen LogP contribution < -0.4 is 0 Å². The lowest BCUT2D eigenvalue weighted by Crippen LogP contribution is -2.30. The number of amides is 1. The number of aromatic nitrogens is 4. The van der Waals surface area contributed by atoms with Crippen LogP contribution in [-0.2, 0) is 7.05 Å².